The summed E-state index contributed by atoms with van der Waals surface area (Å²) in [6, 6.07) is 7.18. The molecule has 26 heavy (non-hydrogen) atoms. The van der Waals surface area contributed by atoms with E-state index in [-0.39, 0.29) is 30.4 Å². The van der Waals surface area contributed by atoms with Crippen molar-refractivity contribution in [2.75, 3.05) is 26.3 Å². The minimum atomic E-state index is -0.246. The lowest BCUT2D eigenvalue weighted by molar-refractivity contribution is -0.00870. The van der Waals surface area contributed by atoms with E-state index in [4.69, 9.17) is 9.47 Å². The first-order valence-corrected chi connectivity index (χ1v) is 8.93. The molecule has 4 heterocycles. The number of hydrogen-bond acceptors (Lipinski definition) is 5. The third-order valence-corrected chi connectivity index (χ3v) is 5.63. The van der Waals surface area contributed by atoms with Gasteiger partial charge >= 0.3 is 0 Å². The van der Waals surface area contributed by atoms with Gasteiger partial charge in [-0.15, -0.1) is 17.5 Å². The van der Waals surface area contributed by atoms with Gasteiger partial charge in [0, 0.05) is 37.9 Å². The average molecular weight is 381 g/mol. The van der Waals surface area contributed by atoms with Crippen molar-refractivity contribution in [3.63, 3.8) is 0 Å². The molecule has 2 fully saturated rings. The highest BCUT2D eigenvalue weighted by Crippen LogP contribution is 2.36. The number of hydrogen-bond donors (Lipinski definition) is 0. The number of ether oxygens (including phenoxy) is 2. The molecule has 0 aliphatic carbocycles. The molecule has 0 saturated carbocycles. The molecule has 0 unspecified atom stereocenters. The van der Waals surface area contributed by atoms with E-state index in [1.165, 1.54) is 12.1 Å². The molecular formula is C18H22ClFN4O2. The van der Waals surface area contributed by atoms with Crippen molar-refractivity contribution >= 4 is 12.4 Å². The molecule has 0 radical (unpaired) electrons. The Kier molecular flexibility index (Phi) is 4.96. The largest absolute Gasteiger partial charge is 0.381 e. The lowest BCUT2D eigenvalue weighted by Crippen LogP contribution is -2.38. The van der Waals surface area contributed by atoms with Crippen LogP contribution in [0.15, 0.2) is 24.3 Å². The Morgan fingerprint density at radius 1 is 1.08 bits per heavy atom. The van der Waals surface area contributed by atoms with Crippen molar-refractivity contribution in [2.45, 2.75) is 37.6 Å². The van der Waals surface area contributed by atoms with E-state index >= 15 is 0 Å². The van der Waals surface area contributed by atoms with E-state index in [9.17, 15) is 4.39 Å². The molecule has 2 saturated heterocycles. The van der Waals surface area contributed by atoms with Crippen LogP contribution in [0.25, 0.3) is 11.3 Å². The molecule has 2 aromatic rings. The van der Waals surface area contributed by atoms with Crippen LogP contribution in [0.3, 0.4) is 0 Å². The fraction of sp³-hybridized carbons (Fsp3) is 0.556. The van der Waals surface area contributed by atoms with Gasteiger partial charge in [0.25, 0.3) is 0 Å². The SMILES string of the molecule is Cl.Fc1ccc(-c2nnn3c2CO[C@@H]2CN(C4CCOCC4)C[C@H]23)cc1. The lowest BCUT2D eigenvalue weighted by atomic mass is 10.1. The van der Waals surface area contributed by atoms with Crippen molar-refractivity contribution in [1.29, 1.82) is 0 Å². The normalized spacial score (nSPS) is 26.2. The first kappa shape index (κ1) is 17.9. The third-order valence-electron chi connectivity index (χ3n) is 5.63. The van der Waals surface area contributed by atoms with Crippen LogP contribution in [0.4, 0.5) is 4.39 Å². The minimum Gasteiger partial charge on any atom is -0.381 e. The van der Waals surface area contributed by atoms with Gasteiger partial charge in [-0.1, -0.05) is 5.21 Å². The molecule has 2 atom stereocenters. The van der Waals surface area contributed by atoms with Gasteiger partial charge in [-0.25, -0.2) is 9.07 Å². The predicted octanol–water partition coefficient (Wildman–Crippen LogP) is 2.44. The Balaban J connectivity index is 0.00000168. The van der Waals surface area contributed by atoms with Gasteiger partial charge in [0.2, 0.25) is 0 Å². The first-order chi connectivity index (χ1) is 12.3. The highest BCUT2D eigenvalue weighted by molar-refractivity contribution is 5.85. The number of halogens is 2. The Morgan fingerprint density at radius 3 is 2.62 bits per heavy atom. The summed E-state index contributed by atoms with van der Waals surface area (Å²) >= 11 is 0. The Morgan fingerprint density at radius 2 is 1.85 bits per heavy atom. The maximum Gasteiger partial charge on any atom is 0.123 e. The van der Waals surface area contributed by atoms with E-state index in [1.807, 2.05) is 4.68 Å². The van der Waals surface area contributed by atoms with Crippen LogP contribution in [-0.2, 0) is 16.1 Å². The van der Waals surface area contributed by atoms with Crippen LogP contribution in [0.5, 0.6) is 0 Å². The zero-order valence-corrected chi connectivity index (χ0v) is 15.2. The van der Waals surface area contributed by atoms with Crippen molar-refractivity contribution in [3.05, 3.63) is 35.8 Å². The summed E-state index contributed by atoms with van der Waals surface area (Å²) < 4.78 is 26.8. The summed E-state index contributed by atoms with van der Waals surface area (Å²) in [5, 5.41) is 8.79. The number of rotatable bonds is 2. The Hall–Kier alpha value is -1.54. The fourth-order valence-corrected chi connectivity index (χ4v) is 4.26. The van der Waals surface area contributed by atoms with Gasteiger partial charge in [-0.3, -0.25) is 4.90 Å². The maximum absolute atomic E-state index is 13.2. The van der Waals surface area contributed by atoms with Crippen LogP contribution in [0.1, 0.15) is 24.6 Å². The van der Waals surface area contributed by atoms with E-state index in [1.54, 1.807) is 12.1 Å². The number of nitrogens with zero attached hydrogens (tertiary/aromatic N) is 4. The summed E-state index contributed by atoms with van der Waals surface area (Å²) in [4.78, 5) is 2.52. The van der Waals surface area contributed by atoms with Crippen LogP contribution in [0.2, 0.25) is 0 Å². The zero-order valence-electron chi connectivity index (χ0n) is 14.4. The van der Waals surface area contributed by atoms with Gasteiger partial charge in [-0.05, 0) is 37.1 Å². The molecular weight excluding hydrogens is 359 g/mol. The fourth-order valence-electron chi connectivity index (χ4n) is 4.26. The van der Waals surface area contributed by atoms with Crippen LogP contribution >= 0.6 is 12.4 Å². The lowest BCUT2D eigenvalue weighted by Gasteiger charge is -2.30. The number of benzene rings is 1. The molecule has 8 heteroatoms. The van der Waals surface area contributed by atoms with Gasteiger partial charge in [0.1, 0.15) is 11.5 Å². The van der Waals surface area contributed by atoms with Crippen molar-refractivity contribution in [1.82, 2.24) is 19.9 Å². The first-order valence-electron chi connectivity index (χ1n) is 8.93. The highest BCUT2D eigenvalue weighted by Gasteiger charge is 2.42. The quantitative estimate of drug-likeness (QED) is 0.801. The van der Waals surface area contributed by atoms with Crippen LogP contribution in [-0.4, -0.2) is 58.3 Å². The summed E-state index contributed by atoms with van der Waals surface area (Å²) in [5.41, 5.74) is 2.66. The molecule has 1 aromatic carbocycles. The molecule has 0 spiro atoms. The van der Waals surface area contributed by atoms with Gasteiger partial charge in [0.05, 0.1) is 24.4 Å². The van der Waals surface area contributed by atoms with Crippen molar-refractivity contribution in [2.24, 2.45) is 0 Å². The summed E-state index contributed by atoms with van der Waals surface area (Å²) in [6.45, 7) is 4.08. The highest BCUT2D eigenvalue weighted by atomic mass is 35.5. The molecule has 0 bridgehead atoms. The zero-order chi connectivity index (χ0) is 16.8. The molecule has 3 aliphatic rings. The van der Waals surface area contributed by atoms with E-state index in [0.717, 1.165) is 56.1 Å². The van der Waals surface area contributed by atoms with Gasteiger partial charge < -0.3 is 9.47 Å². The van der Waals surface area contributed by atoms with Crippen molar-refractivity contribution in [3.8, 4) is 11.3 Å². The monoisotopic (exact) mass is 380 g/mol. The minimum absolute atomic E-state index is 0. The molecule has 6 nitrogen and oxygen atoms in total. The predicted molar refractivity (Wildman–Crippen MR) is 95.7 cm³/mol. The molecule has 5 rings (SSSR count). The molecule has 0 amide bonds. The number of likely N-dealkylation sites (tertiary alicyclic amines) is 1. The molecule has 140 valence electrons. The number of fused-ring (bicyclic) bond motifs is 3. The smallest absolute Gasteiger partial charge is 0.123 e. The van der Waals surface area contributed by atoms with Crippen LogP contribution < -0.4 is 0 Å². The van der Waals surface area contributed by atoms with Gasteiger partial charge in [0.15, 0.2) is 0 Å². The average Bonchev–Trinajstić information content (AvgIpc) is 3.27. The Bertz CT molecular complexity index is 763. The third kappa shape index (κ3) is 3.03. The van der Waals surface area contributed by atoms with E-state index < -0.39 is 0 Å². The number of aromatic nitrogens is 3. The molecule has 1 aromatic heterocycles. The summed E-state index contributed by atoms with van der Waals surface area (Å²) in [5.74, 6) is -0.246. The summed E-state index contributed by atoms with van der Waals surface area (Å²) in [6.07, 6.45) is 2.34. The second-order valence-corrected chi connectivity index (χ2v) is 7.05. The standard InChI is InChI=1S/C18H21FN4O2.ClH/c19-13-3-1-12(2-4-13)18-16-11-25-17-10-22(14-5-7-24-8-6-14)9-15(17)23(16)21-20-18;/h1-4,14-15,17H,5-11H2;1H/t15-,17-;/m1./s1. The van der Waals surface area contributed by atoms with Crippen LogP contribution in [0, 0.1) is 5.82 Å². The summed E-state index contributed by atoms with van der Waals surface area (Å²) in [7, 11) is 0. The molecule has 3 aliphatic heterocycles. The van der Waals surface area contributed by atoms with E-state index in [2.05, 4.69) is 15.2 Å². The molecule has 0 N–H and O–H groups in total. The van der Waals surface area contributed by atoms with Gasteiger partial charge in [-0.2, -0.15) is 0 Å². The Labute approximate surface area is 157 Å². The second-order valence-electron chi connectivity index (χ2n) is 7.05. The maximum atomic E-state index is 13.2. The van der Waals surface area contributed by atoms with Crippen molar-refractivity contribution < 1.29 is 13.9 Å². The topological polar surface area (TPSA) is 52.4 Å². The second kappa shape index (κ2) is 7.23. The van der Waals surface area contributed by atoms with E-state index in [0.29, 0.717) is 12.6 Å².